The Morgan fingerprint density at radius 1 is 1.50 bits per heavy atom. The summed E-state index contributed by atoms with van der Waals surface area (Å²) >= 11 is 0. The summed E-state index contributed by atoms with van der Waals surface area (Å²) < 4.78 is 24.0. The van der Waals surface area contributed by atoms with Crippen LogP contribution in [0.1, 0.15) is 36.1 Å². The first-order chi connectivity index (χ1) is 8.45. The van der Waals surface area contributed by atoms with Gasteiger partial charge in [-0.15, -0.1) is 0 Å². The van der Waals surface area contributed by atoms with E-state index < -0.39 is 18.9 Å². The monoisotopic (exact) mass is 259 g/mol. The van der Waals surface area contributed by atoms with E-state index in [0.717, 1.165) is 0 Å². The molecule has 0 fully saturated rings. The summed E-state index contributed by atoms with van der Waals surface area (Å²) in [7, 11) is 0. The highest BCUT2D eigenvalue weighted by Crippen LogP contribution is 2.15. The zero-order valence-electron chi connectivity index (χ0n) is 10.1. The maximum atomic E-state index is 12.0. The molecule has 8 heteroatoms. The van der Waals surface area contributed by atoms with Crippen LogP contribution in [0.25, 0.3) is 0 Å². The topological polar surface area (TPSA) is 92.9 Å². The molecule has 0 saturated carbocycles. The Kier molecular flexibility index (Phi) is 4.90. The van der Waals surface area contributed by atoms with Crippen molar-refractivity contribution in [2.75, 3.05) is 12.0 Å². The molecule has 6 nitrogen and oxygen atoms in total. The van der Waals surface area contributed by atoms with E-state index in [-0.39, 0.29) is 17.3 Å². The van der Waals surface area contributed by atoms with Gasteiger partial charge in [-0.2, -0.15) is 0 Å². The van der Waals surface area contributed by atoms with E-state index in [1.54, 1.807) is 0 Å². The summed E-state index contributed by atoms with van der Waals surface area (Å²) in [5, 5.41) is 2.06. The third kappa shape index (κ3) is 3.59. The molecule has 1 aromatic rings. The van der Waals surface area contributed by atoms with Gasteiger partial charge in [-0.05, 0) is 0 Å². The second kappa shape index (κ2) is 6.20. The first-order valence-electron chi connectivity index (χ1n) is 5.35. The van der Waals surface area contributed by atoms with E-state index in [1.807, 2.05) is 13.8 Å². The minimum atomic E-state index is -2.62. The number of alkyl halides is 2. The minimum absolute atomic E-state index is 0.0125. The smallest absolute Gasteiger partial charge is 0.272 e. The van der Waals surface area contributed by atoms with Gasteiger partial charge < -0.3 is 10.7 Å². The molecule has 1 rings (SSSR count). The van der Waals surface area contributed by atoms with Crippen LogP contribution >= 0.6 is 0 Å². The maximum absolute atomic E-state index is 12.0. The number of anilines is 1. The fraction of sp³-hybridized carbons (Fsp3) is 0.500. The standard InChI is InChI=1S/C10H15F2N5O/c1-5(2)9-14-3-6(17-13)8(16-9)10(18)15-4-7(11)12/h3,5,7,17H,4,13H2,1-2H3,(H,15,18). The van der Waals surface area contributed by atoms with Crippen molar-refractivity contribution in [3.05, 3.63) is 17.7 Å². The molecule has 0 bridgehead atoms. The van der Waals surface area contributed by atoms with E-state index in [0.29, 0.717) is 5.82 Å². The van der Waals surface area contributed by atoms with E-state index in [1.165, 1.54) is 6.20 Å². The Labute approximate surface area is 103 Å². The van der Waals surface area contributed by atoms with Crippen LogP contribution in [-0.4, -0.2) is 28.8 Å². The number of nitrogens with zero attached hydrogens (tertiary/aromatic N) is 2. The number of nitrogen functional groups attached to an aromatic ring is 1. The van der Waals surface area contributed by atoms with Crippen LogP contribution in [0.15, 0.2) is 6.20 Å². The molecular weight excluding hydrogens is 244 g/mol. The Bertz CT molecular complexity index is 425. The molecule has 0 saturated heterocycles. The van der Waals surface area contributed by atoms with E-state index in [9.17, 15) is 13.6 Å². The second-order valence-electron chi connectivity index (χ2n) is 3.89. The number of hydrazine groups is 1. The lowest BCUT2D eigenvalue weighted by atomic mass is 10.2. The molecule has 1 aromatic heterocycles. The van der Waals surface area contributed by atoms with Crippen LogP contribution in [0.5, 0.6) is 0 Å². The predicted octanol–water partition coefficient (Wildman–Crippen LogP) is 0.881. The highest BCUT2D eigenvalue weighted by Gasteiger charge is 2.17. The Morgan fingerprint density at radius 3 is 2.67 bits per heavy atom. The van der Waals surface area contributed by atoms with Crippen molar-refractivity contribution < 1.29 is 13.6 Å². The number of nitrogens with two attached hydrogens (primary N) is 1. The number of carbonyl (C=O) groups is 1. The van der Waals surface area contributed by atoms with Crippen LogP contribution in [0.2, 0.25) is 0 Å². The highest BCUT2D eigenvalue weighted by atomic mass is 19.3. The number of hydrogen-bond donors (Lipinski definition) is 3. The molecule has 0 atom stereocenters. The number of carbonyl (C=O) groups excluding carboxylic acids is 1. The first kappa shape index (κ1) is 14.2. The summed E-state index contributed by atoms with van der Waals surface area (Å²) in [5.41, 5.74) is 2.40. The zero-order chi connectivity index (χ0) is 13.7. The highest BCUT2D eigenvalue weighted by molar-refractivity contribution is 5.97. The Balaban J connectivity index is 2.96. The Hall–Kier alpha value is -1.83. The molecule has 0 aromatic carbocycles. The van der Waals surface area contributed by atoms with Crippen molar-refractivity contribution in [2.45, 2.75) is 26.2 Å². The number of nitrogens with one attached hydrogen (secondary N) is 2. The van der Waals surface area contributed by atoms with Crippen molar-refractivity contribution in [1.82, 2.24) is 15.3 Å². The lowest BCUT2D eigenvalue weighted by Gasteiger charge is -2.11. The number of halogens is 2. The van der Waals surface area contributed by atoms with Crippen molar-refractivity contribution >= 4 is 11.6 Å². The average molecular weight is 259 g/mol. The second-order valence-corrected chi connectivity index (χ2v) is 3.89. The van der Waals surface area contributed by atoms with Gasteiger partial charge in [-0.3, -0.25) is 10.6 Å². The van der Waals surface area contributed by atoms with Crippen molar-refractivity contribution in [2.24, 2.45) is 5.84 Å². The molecular formula is C10H15F2N5O. The van der Waals surface area contributed by atoms with E-state index >= 15 is 0 Å². The van der Waals surface area contributed by atoms with Gasteiger partial charge in [0.25, 0.3) is 12.3 Å². The molecule has 18 heavy (non-hydrogen) atoms. The summed E-state index contributed by atoms with van der Waals surface area (Å²) in [4.78, 5) is 19.7. The summed E-state index contributed by atoms with van der Waals surface area (Å²) in [6, 6.07) is 0. The van der Waals surface area contributed by atoms with Gasteiger partial charge in [0.1, 0.15) is 5.82 Å². The van der Waals surface area contributed by atoms with Gasteiger partial charge in [0, 0.05) is 5.92 Å². The Morgan fingerprint density at radius 2 is 2.17 bits per heavy atom. The van der Waals surface area contributed by atoms with Gasteiger partial charge in [0.2, 0.25) is 0 Å². The molecule has 0 spiro atoms. The number of aromatic nitrogens is 2. The van der Waals surface area contributed by atoms with Crippen molar-refractivity contribution in [1.29, 1.82) is 0 Å². The van der Waals surface area contributed by atoms with Crippen LogP contribution < -0.4 is 16.6 Å². The minimum Gasteiger partial charge on any atom is -0.345 e. The van der Waals surface area contributed by atoms with Gasteiger partial charge >= 0.3 is 0 Å². The predicted molar refractivity (Wildman–Crippen MR) is 62.3 cm³/mol. The third-order valence-corrected chi connectivity index (χ3v) is 2.11. The number of hydrogen-bond acceptors (Lipinski definition) is 5. The van der Waals surface area contributed by atoms with Gasteiger partial charge in [-0.1, -0.05) is 13.8 Å². The van der Waals surface area contributed by atoms with Crippen molar-refractivity contribution in [3.8, 4) is 0 Å². The molecule has 0 aliphatic carbocycles. The lowest BCUT2D eigenvalue weighted by Crippen LogP contribution is -2.31. The normalized spacial score (nSPS) is 10.8. The third-order valence-electron chi connectivity index (χ3n) is 2.11. The lowest BCUT2D eigenvalue weighted by molar-refractivity contribution is 0.0887. The van der Waals surface area contributed by atoms with Crippen LogP contribution in [0.4, 0.5) is 14.5 Å². The largest absolute Gasteiger partial charge is 0.345 e. The first-order valence-corrected chi connectivity index (χ1v) is 5.35. The average Bonchev–Trinajstić information content (AvgIpc) is 2.34. The van der Waals surface area contributed by atoms with Crippen LogP contribution in [0.3, 0.4) is 0 Å². The summed E-state index contributed by atoms with van der Waals surface area (Å²) in [6.45, 7) is 2.97. The maximum Gasteiger partial charge on any atom is 0.272 e. The van der Waals surface area contributed by atoms with Gasteiger partial charge in [0.15, 0.2) is 5.69 Å². The van der Waals surface area contributed by atoms with Crippen LogP contribution in [-0.2, 0) is 0 Å². The zero-order valence-corrected chi connectivity index (χ0v) is 10.1. The number of amides is 1. The van der Waals surface area contributed by atoms with Gasteiger partial charge in [0.05, 0.1) is 18.4 Å². The van der Waals surface area contributed by atoms with E-state index in [2.05, 4.69) is 20.7 Å². The molecule has 4 N–H and O–H groups in total. The van der Waals surface area contributed by atoms with E-state index in [4.69, 9.17) is 5.84 Å². The van der Waals surface area contributed by atoms with Crippen LogP contribution in [0, 0.1) is 0 Å². The summed E-state index contributed by atoms with van der Waals surface area (Å²) in [5.74, 6) is 4.95. The SMILES string of the molecule is CC(C)c1ncc(NN)c(C(=O)NCC(F)F)n1. The molecule has 1 heterocycles. The fourth-order valence-corrected chi connectivity index (χ4v) is 1.21. The fourth-order valence-electron chi connectivity index (χ4n) is 1.21. The summed E-state index contributed by atoms with van der Waals surface area (Å²) in [6.07, 6.45) is -1.27. The van der Waals surface area contributed by atoms with Gasteiger partial charge in [-0.25, -0.2) is 18.7 Å². The number of rotatable bonds is 5. The molecule has 0 aliphatic rings. The molecule has 100 valence electrons. The molecule has 0 aliphatic heterocycles. The molecule has 0 unspecified atom stereocenters. The molecule has 1 amide bonds. The quantitative estimate of drug-likeness (QED) is 0.539. The van der Waals surface area contributed by atoms with Crippen molar-refractivity contribution in [3.63, 3.8) is 0 Å². The molecule has 0 radical (unpaired) electrons.